The van der Waals surface area contributed by atoms with Crippen LogP contribution in [0.5, 0.6) is 0 Å². The van der Waals surface area contributed by atoms with E-state index in [0.29, 0.717) is 0 Å². The molecule has 16 heteroatoms. The fourth-order valence-corrected chi connectivity index (χ4v) is 7.69. The first-order chi connectivity index (χ1) is 23.8. The van der Waals surface area contributed by atoms with Gasteiger partial charge in [0, 0.05) is 65.2 Å². The number of hydrogen-bond acceptors (Lipinski definition) is 16. The van der Waals surface area contributed by atoms with Crippen LogP contribution in [0.15, 0.2) is 12.2 Å². The van der Waals surface area contributed by atoms with Gasteiger partial charge in [0.1, 0.15) is 11.7 Å². The Morgan fingerprint density at radius 2 is 1.37 bits per heavy atom. The Bertz CT molecular complexity index is 1510. The van der Waals surface area contributed by atoms with E-state index in [2.05, 4.69) is 0 Å². The molecule has 52 heavy (non-hydrogen) atoms. The van der Waals surface area contributed by atoms with E-state index in [-0.39, 0.29) is 0 Å². The second-order valence-electron chi connectivity index (χ2n) is 14.9. The summed E-state index contributed by atoms with van der Waals surface area (Å²) >= 11 is 0. The molecule has 3 rings (SSSR count). The van der Waals surface area contributed by atoms with Crippen molar-refractivity contribution in [2.45, 2.75) is 143 Å². The van der Waals surface area contributed by atoms with Crippen LogP contribution in [0.1, 0.15) is 95.4 Å². The topological polar surface area (TPSA) is 221 Å². The lowest BCUT2D eigenvalue weighted by atomic mass is 9.66. The van der Waals surface area contributed by atoms with Gasteiger partial charge in [-0.05, 0) is 6.92 Å². The first kappa shape index (κ1) is 42.1. The van der Waals surface area contributed by atoms with Crippen LogP contribution in [0.3, 0.4) is 0 Å². The van der Waals surface area contributed by atoms with Crippen molar-refractivity contribution in [1.29, 1.82) is 0 Å². The zero-order chi connectivity index (χ0) is 39.7. The maximum atomic E-state index is 14.9. The highest BCUT2D eigenvalue weighted by molar-refractivity contribution is 5.94. The highest BCUT2D eigenvalue weighted by atomic mass is 16.7. The maximum Gasteiger partial charge on any atom is 0.308 e. The molecule has 1 N–H and O–H groups in total. The molecule has 1 saturated heterocycles. The molecule has 290 valence electrons. The lowest BCUT2D eigenvalue weighted by molar-refractivity contribution is -0.272. The third kappa shape index (κ3) is 8.31. The Labute approximate surface area is 302 Å². The minimum Gasteiger partial charge on any atom is -0.458 e. The van der Waals surface area contributed by atoms with Gasteiger partial charge in [0.25, 0.3) is 0 Å². The van der Waals surface area contributed by atoms with E-state index < -0.39 is 137 Å². The summed E-state index contributed by atoms with van der Waals surface area (Å²) in [4.78, 5) is 106. The second-order valence-corrected chi connectivity index (χ2v) is 14.9. The lowest BCUT2D eigenvalue weighted by Gasteiger charge is -2.53. The number of rotatable bonds is 7. The third-order valence-corrected chi connectivity index (χ3v) is 9.71. The number of carbonyl (C=O) groups is 8. The number of ketones is 1. The molecule has 1 saturated carbocycles. The molecule has 1 heterocycles. The Kier molecular flexibility index (Phi) is 12.4. The van der Waals surface area contributed by atoms with Crippen molar-refractivity contribution in [3.63, 3.8) is 0 Å². The molecule has 0 radical (unpaired) electrons. The molecule has 0 amide bonds. The van der Waals surface area contributed by atoms with Gasteiger partial charge in [-0.1, -0.05) is 46.8 Å². The van der Waals surface area contributed by atoms with Gasteiger partial charge in [-0.15, -0.1) is 0 Å². The van der Waals surface area contributed by atoms with Gasteiger partial charge in [0.15, 0.2) is 41.4 Å². The fourth-order valence-electron chi connectivity index (χ4n) is 7.69. The molecule has 0 aromatic rings. The Morgan fingerprint density at radius 3 is 1.87 bits per heavy atom. The van der Waals surface area contributed by atoms with Crippen molar-refractivity contribution >= 4 is 47.6 Å². The SMILES string of the molecule is CC(=O)O[C@H]1[C@@H](OC(C)=O)C(C)(C)C=C[C@H](C)C(=O)[C@@]2(OC(C)=O)C[C@@](C)(OC(C)=O)[C@H](O)[C@@H]2[C@H]2OC(=O)CC[C@@]2(OC(C)=O)[C@@H]1OC(=O)C(C)C. The van der Waals surface area contributed by atoms with E-state index in [9.17, 15) is 43.5 Å². The molecule has 2 fully saturated rings. The first-order valence-corrected chi connectivity index (χ1v) is 17.1. The summed E-state index contributed by atoms with van der Waals surface area (Å²) in [6.45, 7) is 14.1. The van der Waals surface area contributed by atoms with Crippen LogP contribution in [0.4, 0.5) is 0 Å². The van der Waals surface area contributed by atoms with Gasteiger partial charge in [-0.3, -0.25) is 38.4 Å². The van der Waals surface area contributed by atoms with E-state index >= 15 is 0 Å². The molecule has 2 aliphatic carbocycles. The van der Waals surface area contributed by atoms with E-state index in [4.69, 9.17) is 33.2 Å². The lowest BCUT2D eigenvalue weighted by Crippen LogP contribution is -2.72. The number of ether oxygens (including phenoxy) is 7. The summed E-state index contributed by atoms with van der Waals surface area (Å²) in [5.41, 5.74) is -8.26. The zero-order valence-electron chi connectivity index (χ0n) is 31.5. The predicted octanol–water partition coefficient (Wildman–Crippen LogP) is 2.23. The smallest absolute Gasteiger partial charge is 0.308 e. The van der Waals surface area contributed by atoms with Crippen molar-refractivity contribution in [2.24, 2.45) is 23.2 Å². The normalized spacial score (nSPS) is 35.7. The van der Waals surface area contributed by atoms with Crippen molar-refractivity contribution in [2.75, 3.05) is 0 Å². The number of carbonyl (C=O) groups excluding carboxylic acids is 8. The van der Waals surface area contributed by atoms with Gasteiger partial charge in [0.2, 0.25) is 0 Å². The van der Waals surface area contributed by atoms with E-state index in [1.54, 1.807) is 13.8 Å². The molecular weight excluding hydrogens is 688 g/mol. The standard InChI is InChI=1S/C36H50O16/c1-17(2)32(45)49-31-26(46-19(4)37)30(47-20(5)38)33(9,10)14-12-18(3)27(43)36(52-23(8)41)16-34(11,50-21(6)39)28(44)25(36)29-35(31,51-22(7)40)15-13-24(42)48-29/h12,14,17-18,25-26,28-31,44H,13,15-16H2,1-11H3/t18-,25+,26-,28+,29+,30+,31+,34+,35-,36+/m0/s1. The molecule has 0 aromatic heterocycles. The second kappa shape index (κ2) is 15.3. The molecule has 3 aliphatic rings. The van der Waals surface area contributed by atoms with Gasteiger partial charge in [0.05, 0.1) is 11.8 Å². The minimum absolute atomic E-state index is 0.497. The van der Waals surface area contributed by atoms with Gasteiger partial charge in [-0.2, -0.15) is 0 Å². The van der Waals surface area contributed by atoms with Crippen LogP contribution < -0.4 is 0 Å². The number of allylic oxidation sites excluding steroid dienone is 1. The average Bonchev–Trinajstić information content (AvgIpc) is 3.20. The van der Waals surface area contributed by atoms with Crippen molar-refractivity contribution in [3.8, 4) is 0 Å². The average molecular weight is 739 g/mol. The predicted molar refractivity (Wildman–Crippen MR) is 175 cm³/mol. The molecule has 16 nitrogen and oxygen atoms in total. The summed E-state index contributed by atoms with van der Waals surface area (Å²) in [7, 11) is 0. The fraction of sp³-hybridized carbons (Fsp3) is 0.722. The number of aliphatic hydroxyl groups excluding tert-OH is 1. The number of hydrogen-bond donors (Lipinski definition) is 1. The molecule has 0 aromatic carbocycles. The van der Waals surface area contributed by atoms with Crippen LogP contribution >= 0.6 is 0 Å². The Balaban J connectivity index is 2.68. The van der Waals surface area contributed by atoms with Crippen LogP contribution in [-0.2, 0) is 71.5 Å². The van der Waals surface area contributed by atoms with Crippen LogP contribution in [0, 0.1) is 23.2 Å². The van der Waals surface area contributed by atoms with Crippen LogP contribution in [0.25, 0.3) is 0 Å². The number of esters is 7. The zero-order valence-corrected chi connectivity index (χ0v) is 31.5. The highest BCUT2D eigenvalue weighted by Gasteiger charge is 2.75. The number of Topliss-reactive ketones (excluding diaryl/α,β-unsaturated/α-hetero) is 1. The van der Waals surface area contributed by atoms with E-state index in [1.165, 1.54) is 39.8 Å². The van der Waals surface area contributed by atoms with Gasteiger partial charge < -0.3 is 38.3 Å². The summed E-state index contributed by atoms with van der Waals surface area (Å²) in [6.07, 6.45) is -8.10. The van der Waals surface area contributed by atoms with Gasteiger partial charge in [-0.25, -0.2) is 0 Å². The van der Waals surface area contributed by atoms with Crippen molar-refractivity contribution in [1.82, 2.24) is 0 Å². The minimum atomic E-state index is -2.45. The third-order valence-electron chi connectivity index (χ3n) is 9.71. The number of fused-ring (bicyclic) bond motifs is 3. The molecule has 1 aliphatic heterocycles. The summed E-state index contributed by atoms with van der Waals surface area (Å²) in [5.74, 6) is -11.3. The summed E-state index contributed by atoms with van der Waals surface area (Å²) in [6, 6.07) is 0. The molecule has 10 atom stereocenters. The largest absolute Gasteiger partial charge is 0.458 e. The van der Waals surface area contributed by atoms with Crippen LogP contribution in [0.2, 0.25) is 0 Å². The quantitative estimate of drug-likeness (QED) is 0.225. The van der Waals surface area contributed by atoms with Crippen molar-refractivity contribution in [3.05, 3.63) is 12.2 Å². The Hall–Kier alpha value is -4.34. The molecule has 0 spiro atoms. The monoisotopic (exact) mass is 738 g/mol. The highest BCUT2D eigenvalue weighted by Crippen LogP contribution is 2.56. The van der Waals surface area contributed by atoms with Crippen molar-refractivity contribution < 1.29 is 76.6 Å². The summed E-state index contributed by atoms with van der Waals surface area (Å²) in [5, 5.41) is 12.2. The molecular formula is C36H50O16. The first-order valence-electron chi connectivity index (χ1n) is 17.1. The van der Waals surface area contributed by atoms with E-state index in [0.717, 1.165) is 34.6 Å². The molecule has 0 bridgehead atoms. The van der Waals surface area contributed by atoms with E-state index in [1.807, 2.05) is 0 Å². The summed E-state index contributed by atoms with van der Waals surface area (Å²) < 4.78 is 41.2. The maximum absolute atomic E-state index is 14.9. The Morgan fingerprint density at radius 1 is 0.808 bits per heavy atom. The van der Waals surface area contributed by atoms with Gasteiger partial charge >= 0.3 is 41.8 Å². The van der Waals surface area contributed by atoms with Crippen LogP contribution in [-0.4, -0.2) is 100.0 Å². The molecule has 0 unspecified atom stereocenters. The number of aliphatic hydroxyl groups is 1.